The van der Waals surface area contributed by atoms with Crippen LogP contribution in [-0.2, 0) is 9.59 Å². The van der Waals surface area contributed by atoms with E-state index < -0.39 is 0 Å². The van der Waals surface area contributed by atoms with Crippen molar-refractivity contribution in [2.45, 2.75) is 25.8 Å². The molecule has 14 heavy (non-hydrogen) atoms. The minimum atomic E-state index is -0.0752. The van der Waals surface area contributed by atoms with Crippen LogP contribution in [0.25, 0.3) is 0 Å². The van der Waals surface area contributed by atoms with Gasteiger partial charge in [-0.2, -0.15) is 0 Å². The van der Waals surface area contributed by atoms with Crippen molar-refractivity contribution < 1.29 is 9.59 Å². The van der Waals surface area contributed by atoms with Crippen LogP contribution in [-0.4, -0.2) is 35.8 Å². The molecule has 1 fully saturated rings. The van der Waals surface area contributed by atoms with Gasteiger partial charge < -0.3 is 10.2 Å². The number of terminal acetylenes is 1. The lowest BCUT2D eigenvalue weighted by Crippen LogP contribution is -2.41. The minimum Gasteiger partial charge on any atom is -0.347 e. The van der Waals surface area contributed by atoms with Crippen LogP contribution < -0.4 is 5.32 Å². The van der Waals surface area contributed by atoms with Crippen molar-refractivity contribution in [3.8, 4) is 12.3 Å². The lowest BCUT2D eigenvalue weighted by Gasteiger charge is -2.25. The maximum absolute atomic E-state index is 11.5. The van der Waals surface area contributed by atoms with Gasteiger partial charge in [0.25, 0.3) is 0 Å². The zero-order chi connectivity index (χ0) is 10.6. The van der Waals surface area contributed by atoms with Crippen LogP contribution >= 0.6 is 0 Å². The van der Waals surface area contributed by atoms with Crippen LogP contribution in [0, 0.1) is 12.3 Å². The summed E-state index contributed by atoms with van der Waals surface area (Å²) in [5.74, 6) is 2.39. The van der Waals surface area contributed by atoms with Gasteiger partial charge in [0.1, 0.15) is 0 Å². The van der Waals surface area contributed by atoms with E-state index >= 15 is 0 Å². The average molecular weight is 194 g/mol. The highest BCUT2D eigenvalue weighted by Crippen LogP contribution is 2.06. The van der Waals surface area contributed by atoms with Gasteiger partial charge in [0.15, 0.2) is 0 Å². The van der Waals surface area contributed by atoms with Gasteiger partial charge in [-0.25, -0.2) is 0 Å². The molecule has 0 aliphatic carbocycles. The molecule has 1 N–H and O–H groups in total. The second kappa shape index (κ2) is 4.66. The van der Waals surface area contributed by atoms with Crippen molar-refractivity contribution in [1.29, 1.82) is 0 Å². The predicted octanol–water partition coefficient (Wildman–Crippen LogP) is -0.253. The second-order valence-electron chi connectivity index (χ2n) is 3.37. The fourth-order valence-electron chi connectivity index (χ4n) is 1.46. The van der Waals surface area contributed by atoms with E-state index in [9.17, 15) is 9.59 Å². The van der Waals surface area contributed by atoms with Crippen LogP contribution in [0.5, 0.6) is 0 Å². The van der Waals surface area contributed by atoms with Crippen LogP contribution in [0.4, 0.5) is 0 Å². The highest BCUT2D eigenvalue weighted by Gasteiger charge is 2.23. The lowest BCUT2D eigenvalue weighted by atomic mass is 10.2. The molecule has 1 rings (SSSR count). The van der Waals surface area contributed by atoms with Crippen LogP contribution in [0.1, 0.15) is 19.8 Å². The molecule has 0 bridgehead atoms. The van der Waals surface area contributed by atoms with Gasteiger partial charge in [-0.05, 0) is 6.92 Å². The molecule has 1 heterocycles. The number of nitrogens with one attached hydrogen (secondary N) is 1. The Hall–Kier alpha value is -1.50. The summed E-state index contributed by atoms with van der Waals surface area (Å²) in [4.78, 5) is 24.2. The highest BCUT2D eigenvalue weighted by molar-refractivity contribution is 5.87. The molecule has 1 aliphatic heterocycles. The predicted molar refractivity (Wildman–Crippen MR) is 52.3 cm³/mol. The Labute approximate surface area is 83.6 Å². The minimum absolute atomic E-state index is 0.0141. The molecule has 0 aromatic carbocycles. The van der Waals surface area contributed by atoms with Crippen LogP contribution in [0.2, 0.25) is 0 Å². The first-order valence-corrected chi connectivity index (χ1v) is 4.64. The molecule has 1 atom stereocenters. The molecule has 1 unspecified atom stereocenters. The third kappa shape index (κ3) is 2.49. The molecule has 0 spiro atoms. The Morgan fingerprint density at radius 3 is 3.00 bits per heavy atom. The summed E-state index contributed by atoms with van der Waals surface area (Å²) in [5, 5.41) is 2.54. The third-order valence-corrected chi connectivity index (χ3v) is 2.28. The SMILES string of the molecule is C#CCC(C)N1CCC(=O)NCC1=O. The first-order chi connectivity index (χ1) is 6.65. The monoisotopic (exact) mass is 194 g/mol. The first-order valence-electron chi connectivity index (χ1n) is 4.64. The van der Waals surface area contributed by atoms with E-state index in [0.717, 1.165) is 0 Å². The topological polar surface area (TPSA) is 49.4 Å². The van der Waals surface area contributed by atoms with Crippen molar-refractivity contribution in [3.63, 3.8) is 0 Å². The number of hydrogen-bond donors (Lipinski definition) is 1. The molecule has 76 valence electrons. The van der Waals surface area contributed by atoms with Gasteiger partial charge in [-0.3, -0.25) is 9.59 Å². The van der Waals surface area contributed by atoms with E-state index in [0.29, 0.717) is 19.4 Å². The van der Waals surface area contributed by atoms with Crippen molar-refractivity contribution in [2.75, 3.05) is 13.1 Å². The number of carbonyl (C=O) groups excluding carboxylic acids is 2. The van der Waals surface area contributed by atoms with Gasteiger partial charge in [-0.1, -0.05) is 0 Å². The van der Waals surface area contributed by atoms with Gasteiger partial charge in [0, 0.05) is 25.4 Å². The summed E-state index contributed by atoms with van der Waals surface area (Å²) in [7, 11) is 0. The van der Waals surface area contributed by atoms with Crippen LogP contribution in [0.15, 0.2) is 0 Å². The number of amides is 2. The largest absolute Gasteiger partial charge is 0.347 e. The first kappa shape index (κ1) is 10.6. The van der Waals surface area contributed by atoms with E-state index in [4.69, 9.17) is 6.42 Å². The zero-order valence-electron chi connectivity index (χ0n) is 8.25. The third-order valence-electron chi connectivity index (χ3n) is 2.28. The fraction of sp³-hybridized carbons (Fsp3) is 0.600. The maximum Gasteiger partial charge on any atom is 0.242 e. The Morgan fingerprint density at radius 1 is 1.64 bits per heavy atom. The van der Waals surface area contributed by atoms with E-state index in [1.54, 1.807) is 4.90 Å². The molecule has 0 aromatic rings. The molecule has 2 amide bonds. The standard InChI is InChI=1S/C10H14N2O2/c1-3-4-8(2)12-6-5-9(13)11-7-10(12)14/h1,8H,4-7H2,2H3,(H,11,13). The highest BCUT2D eigenvalue weighted by atomic mass is 16.2. The maximum atomic E-state index is 11.5. The number of nitrogens with zero attached hydrogens (tertiary/aromatic N) is 1. The molecule has 1 aliphatic rings. The fourth-order valence-corrected chi connectivity index (χ4v) is 1.46. The quantitative estimate of drug-likeness (QED) is 0.616. The van der Waals surface area contributed by atoms with E-state index in [2.05, 4.69) is 11.2 Å². The normalized spacial score (nSPS) is 19.6. The Kier molecular flexibility index (Phi) is 3.52. The Balaban J connectivity index is 2.62. The lowest BCUT2D eigenvalue weighted by molar-refractivity contribution is -0.131. The number of hydrogen-bond acceptors (Lipinski definition) is 2. The molecular weight excluding hydrogens is 180 g/mol. The summed E-state index contributed by atoms with van der Waals surface area (Å²) < 4.78 is 0. The Bertz CT molecular complexity index is 280. The molecule has 1 saturated heterocycles. The molecule has 0 saturated carbocycles. The van der Waals surface area contributed by atoms with Gasteiger partial charge in [0.05, 0.1) is 6.54 Å². The van der Waals surface area contributed by atoms with Crippen LogP contribution in [0.3, 0.4) is 0 Å². The molecule has 0 radical (unpaired) electrons. The van der Waals surface area contributed by atoms with Gasteiger partial charge in [0.2, 0.25) is 11.8 Å². The smallest absolute Gasteiger partial charge is 0.242 e. The van der Waals surface area contributed by atoms with Gasteiger partial charge >= 0.3 is 0 Å². The van der Waals surface area contributed by atoms with Crippen molar-refractivity contribution >= 4 is 11.8 Å². The number of rotatable bonds is 2. The molecule has 4 nitrogen and oxygen atoms in total. The van der Waals surface area contributed by atoms with Crippen molar-refractivity contribution in [2.24, 2.45) is 0 Å². The molecule has 4 heteroatoms. The zero-order valence-corrected chi connectivity index (χ0v) is 8.25. The van der Waals surface area contributed by atoms with E-state index in [-0.39, 0.29) is 24.4 Å². The molecular formula is C10H14N2O2. The molecule has 0 aromatic heterocycles. The van der Waals surface area contributed by atoms with E-state index in [1.807, 2.05) is 6.92 Å². The summed E-state index contributed by atoms with van der Waals surface area (Å²) in [6.07, 6.45) is 6.07. The summed E-state index contributed by atoms with van der Waals surface area (Å²) in [5.41, 5.74) is 0. The van der Waals surface area contributed by atoms with Crippen molar-refractivity contribution in [1.82, 2.24) is 10.2 Å². The van der Waals surface area contributed by atoms with Crippen molar-refractivity contribution in [3.05, 3.63) is 0 Å². The number of carbonyl (C=O) groups is 2. The summed E-state index contributed by atoms with van der Waals surface area (Å²) in [6.45, 7) is 2.45. The van der Waals surface area contributed by atoms with Gasteiger partial charge in [-0.15, -0.1) is 12.3 Å². The Morgan fingerprint density at radius 2 is 2.36 bits per heavy atom. The summed E-state index contributed by atoms with van der Waals surface area (Å²) >= 11 is 0. The second-order valence-corrected chi connectivity index (χ2v) is 3.37. The summed E-state index contributed by atoms with van der Waals surface area (Å²) in [6, 6.07) is 0.0141. The van der Waals surface area contributed by atoms with E-state index in [1.165, 1.54) is 0 Å². The average Bonchev–Trinajstić information content (AvgIpc) is 2.30.